The summed E-state index contributed by atoms with van der Waals surface area (Å²) >= 11 is 0. The molecule has 2 rings (SSSR count). The summed E-state index contributed by atoms with van der Waals surface area (Å²) in [6.45, 7) is 9.94. The average molecular weight is 291 g/mol. The molecular weight excluding hydrogens is 262 g/mol. The third-order valence-electron chi connectivity index (χ3n) is 4.45. The van der Waals surface area contributed by atoms with E-state index in [1.165, 1.54) is 12.0 Å². The van der Waals surface area contributed by atoms with Gasteiger partial charge in [0, 0.05) is 12.5 Å². The number of hydrogen-bond donors (Lipinski definition) is 1. The Morgan fingerprint density at radius 3 is 2.81 bits per heavy atom. The summed E-state index contributed by atoms with van der Waals surface area (Å²) < 4.78 is 11.8. The van der Waals surface area contributed by atoms with Crippen molar-refractivity contribution in [2.24, 2.45) is 5.92 Å². The molecule has 118 valence electrons. The molecule has 0 aliphatic carbocycles. The SMILES string of the molecule is CCC1(C)CC(NCCC(C)C)c2c(OC)cccc2O1. The van der Waals surface area contributed by atoms with E-state index in [0.29, 0.717) is 12.0 Å². The summed E-state index contributed by atoms with van der Waals surface area (Å²) in [4.78, 5) is 0. The summed E-state index contributed by atoms with van der Waals surface area (Å²) in [7, 11) is 1.73. The monoisotopic (exact) mass is 291 g/mol. The molecule has 3 heteroatoms. The highest BCUT2D eigenvalue weighted by atomic mass is 16.5. The van der Waals surface area contributed by atoms with Crippen LogP contribution < -0.4 is 14.8 Å². The maximum absolute atomic E-state index is 6.25. The van der Waals surface area contributed by atoms with Crippen molar-refractivity contribution in [2.45, 2.75) is 58.6 Å². The van der Waals surface area contributed by atoms with E-state index in [4.69, 9.17) is 9.47 Å². The van der Waals surface area contributed by atoms with E-state index in [9.17, 15) is 0 Å². The Bertz CT molecular complexity index is 472. The van der Waals surface area contributed by atoms with Gasteiger partial charge in [-0.25, -0.2) is 0 Å². The van der Waals surface area contributed by atoms with Crippen LogP contribution in [0.25, 0.3) is 0 Å². The fourth-order valence-corrected chi connectivity index (χ4v) is 2.91. The zero-order valence-corrected chi connectivity index (χ0v) is 14.0. The van der Waals surface area contributed by atoms with Crippen molar-refractivity contribution in [3.8, 4) is 11.5 Å². The number of benzene rings is 1. The van der Waals surface area contributed by atoms with Gasteiger partial charge in [0.15, 0.2) is 0 Å². The molecule has 1 aromatic carbocycles. The van der Waals surface area contributed by atoms with Crippen LogP contribution in [0.3, 0.4) is 0 Å². The van der Waals surface area contributed by atoms with Crippen LogP contribution in [0.1, 0.15) is 58.6 Å². The number of methoxy groups -OCH3 is 1. The third-order valence-corrected chi connectivity index (χ3v) is 4.45. The van der Waals surface area contributed by atoms with Crippen molar-refractivity contribution >= 4 is 0 Å². The first-order chi connectivity index (χ1) is 9.99. The first-order valence-corrected chi connectivity index (χ1v) is 8.08. The molecule has 21 heavy (non-hydrogen) atoms. The normalized spacial score (nSPS) is 24.6. The first-order valence-electron chi connectivity index (χ1n) is 8.08. The second-order valence-electron chi connectivity index (χ2n) is 6.67. The van der Waals surface area contributed by atoms with E-state index in [-0.39, 0.29) is 5.60 Å². The largest absolute Gasteiger partial charge is 0.496 e. The second kappa shape index (κ2) is 6.69. The van der Waals surface area contributed by atoms with Crippen molar-refractivity contribution in [2.75, 3.05) is 13.7 Å². The van der Waals surface area contributed by atoms with Gasteiger partial charge < -0.3 is 14.8 Å². The van der Waals surface area contributed by atoms with Crippen molar-refractivity contribution < 1.29 is 9.47 Å². The first kappa shape index (κ1) is 16.2. The van der Waals surface area contributed by atoms with Gasteiger partial charge in [0.1, 0.15) is 17.1 Å². The summed E-state index contributed by atoms with van der Waals surface area (Å²) in [5.41, 5.74) is 1.07. The Hall–Kier alpha value is -1.22. The van der Waals surface area contributed by atoms with Crippen LogP contribution in [0, 0.1) is 5.92 Å². The summed E-state index contributed by atoms with van der Waals surface area (Å²) in [6.07, 6.45) is 3.17. The minimum absolute atomic E-state index is 0.102. The summed E-state index contributed by atoms with van der Waals surface area (Å²) in [5.74, 6) is 2.60. The van der Waals surface area contributed by atoms with Gasteiger partial charge in [0.25, 0.3) is 0 Å². The topological polar surface area (TPSA) is 30.5 Å². The van der Waals surface area contributed by atoms with Crippen LogP contribution in [0.5, 0.6) is 11.5 Å². The zero-order chi connectivity index (χ0) is 15.5. The number of rotatable bonds is 6. The van der Waals surface area contributed by atoms with Gasteiger partial charge in [-0.1, -0.05) is 26.8 Å². The van der Waals surface area contributed by atoms with E-state index < -0.39 is 0 Å². The molecule has 0 amide bonds. The lowest BCUT2D eigenvalue weighted by molar-refractivity contribution is 0.0430. The Balaban J connectivity index is 2.26. The van der Waals surface area contributed by atoms with Crippen LogP contribution in [-0.4, -0.2) is 19.3 Å². The van der Waals surface area contributed by atoms with Gasteiger partial charge in [-0.05, 0) is 44.4 Å². The molecule has 0 fully saturated rings. The van der Waals surface area contributed by atoms with E-state index in [1.807, 2.05) is 12.1 Å². The maximum Gasteiger partial charge on any atom is 0.128 e. The van der Waals surface area contributed by atoms with Gasteiger partial charge >= 0.3 is 0 Å². The summed E-state index contributed by atoms with van der Waals surface area (Å²) in [5, 5.41) is 3.71. The summed E-state index contributed by atoms with van der Waals surface area (Å²) in [6, 6.07) is 6.38. The fourth-order valence-electron chi connectivity index (χ4n) is 2.91. The lowest BCUT2D eigenvalue weighted by atomic mass is 9.86. The van der Waals surface area contributed by atoms with Gasteiger partial charge in [0.05, 0.1) is 12.7 Å². The highest BCUT2D eigenvalue weighted by Crippen LogP contribution is 2.45. The molecule has 0 spiro atoms. The minimum Gasteiger partial charge on any atom is -0.496 e. The van der Waals surface area contributed by atoms with Gasteiger partial charge in [-0.15, -0.1) is 0 Å². The lowest BCUT2D eigenvalue weighted by Crippen LogP contribution is -2.41. The molecule has 1 heterocycles. The molecule has 2 unspecified atom stereocenters. The zero-order valence-electron chi connectivity index (χ0n) is 14.0. The average Bonchev–Trinajstić information content (AvgIpc) is 2.45. The number of ether oxygens (including phenoxy) is 2. The van der Waals surface area contributed by atoms with E-state index in [0.717, 1.165) is 30.9 Å². The highest BCUT2D eigenvalue weighted by Gasteiger charge is 2.37. The van der Waals surface area contributed by atoms with Crippen molar-refractivity contribution in [3.05, 3.63) is 23.8 Å². The molecule has 0 bridgehead atoms. The van der Waals surface area contributed by atoms with Crippen LogP contribution in [0.15, 0.2) is 18.2 Å². The van der Waals surface area contributed by atoms with Crippen LogP contribution in [-0.2, 0) is 0 Å². The standard InChI is InChI=1S/C18H29NO2/c1-6-18(4)12-14(19-11-10-13(2)3)17-15(20-5)8-7-9-16(17)21-18/h7-9,13-14,19H,6,10-12H2,1-5H3. The molecule has 0 saturated carbocycles. The molecule has 1 aliphatic rings. The van der Waals surface area contributed by atoms with Gasteiger partial charge in [-0.2, -0.15) is 0 Å². The molecule has 2 atom stereocenters. The molecule has 1 N–H and O–H groups in total. The third kappa shape index (κ3) is 3.70. The van der Waals surface area contributed by atoms with Crippen LogP contribution in [0.2, 0.25) is 0 Å². The quantitative estimate of drug-likeness (QED) is 0.846. The van der Waals surface area contributed by atoms with Crippen LogP contribution >= 0.6 is 0 Å². The van der Waals surface area contributed by atoms with Crippen molar-refractivity contribution in [1.82, 2.24) is 5.32 Å². The van der Waals surface area contributed by atoms with E-state index in [2.05, 4.69) is 39.1 Å². The Labute approximate surface area is 129 Å². The molecule has 0 radical (unpaired) electrons. The molecule has 0 saturated heterocycles. The maximum atomic E-state index is 6.25. The van der Waals surface area contributed by atoms with Gasteiger partial charge in [-0.3, -0.25) is 0 Å². The number of nitrogens with one attached hydrogen (secondary N) is 1. The Morgan fingerprint density at radius 1 is 1.43 bits per heavy atom. The highest BCUT2D eigenvalue weighted by molar-refractivity contribution is 5.48. The second-order valence-corrected chi connectivity index (χ2v) is 6.67. The number of fused-ring (bicyclic) bond motifs is 1. The van der Waals surface area contributed by atoms with E-state index in [1.54, 1.807) is 7.11 Å². The molecular formula is C18H29NO2. The molecule has 0 aromatic heterocycles. The van der Waals surface area contributed by atoms with Crippen molar-refractivity contribution in [1.29, 1.82) is 0 Å². The van der Waals surface area contributed by atoms with Crippen LogP contribution in [0.4, 0.5) is 0 Å². The Kier molecular flexibility index (Phi) is 5.15. The molecule has 1 aliphatic heterocycles. The lowest BCUT2D eigenvalue weighted by Gasteiger charge is -2.40. The molecule has 1 aromatic rings. The smallest absolute Gasteiger partial charge is 0.128 e. The predicted molar refractivity (Wildman–Crippen MR) is 87.1 cm³/mol. The van der Waals surface area contributed by atoms with Gasteiger partial charge in [0.2, 0.25) is 0 Å². The number of hydrogen-bond acceptors (Lipinski definition) is 3. The predicted octanol–water partition coefficient (Wildman–Crippen LogP) is 4.32. The van der Waals surface area contributed by atoms with E-state index >= 15 is 0 Å². The minimum atomic E-state index is -0.102. The Morgan fingerprint density at radius 2 is 2.19 bits per heavy atom. The van der Waals surface area contributed by atoms with Crippen molar-refractivity contribution in [3.63, 3.8) is 0 Å². The molecule has 3 nitrogen and oxygen atoms in total. The fraction of sp³-hybridized carbons (Fsp3) is 0.667.